The van der Waals surface area contributed by atoms with Crippen molar-refractivity contribution >= 4 is 17.4 Å². The Labute approximate surface area is 101 Å². The fourth-order valence-corrected chi connectivity index (χ4v) is 2.11. The van der Waals surface area contributed by atoms with E-state index in [1.165, 1.54) is 6.42 Å². The molecule has 1 saturated heterocycles. The van der Waals surface area contributed by atoms with Gasteiger partial charge >= 0.3 is 5.97 Å². The smallest absolute Gasteiger partial charge is 0.335 e. The summed E-state index contributed by atoms with van der Waals surface area (Å²) in [4.78, 5) is 17.4. The van der Waals surface area contributed by atoms with Gasteiger partial charge in [0.2, 0.25) is 0 Å². The first-order chi connectivity index (χ1) is 8.20. The number of anilines is 1. The van der Waals surface area contributed by atoms with Gasteiger partial charge in [-0.3, -0.25) is 0 Å². The molecule has 1 aliphatic heterocycles. The highest BCUT2D eigenvalue weighted by atomic mass is 16.4. The van der Waals surface area contributed by atoms with E-state index in [1.807, 2.05) is 0 Å². The average Bonchev–Trinajstić information content (AvgIpc) is 2.39. The summed E-state index contributed by atoms with van der Waals surface area (Å²) in [6.45, 7) is 5.50. The van der Waals surface area contributed by atoms with Crippen molar-refractivity contribution in [1.82, 2.24) is 4.98 Å². The molecule has 1 aromatic heterocycles. The maximum Gasteiger partial charge on any atom is 0.335 e. The Morgan fingerprint density at radius 2 is 2.06 bits per heavy atom. The molecule has 4 nitrogen and oxygen atoms in total. The number of aromatic nitrogens is 1. The molecule has 1 aliphatic rings. The Kier molecular flexibility index (Phi) is 3.42. The number of hydrogen-bond donors (Lipinski definition) is 1. The lowest BCUT2D eigenvalue weighted by Crippen LogP contribution is -2.31. The van der Waals surface area contributed by atoms with Crippen LogP contribution in [0.25, 0.3) is 5.57 Å². The summed E-state index contributed by atoms with van der Waals surface area (Å²) in [6, 6.07) is 3.52. The quantitative estimate of drug-likeness (QED) is 0.811. The monoisotopic (exact) mass is 232 g/mol. The molecule has 17 heavy (non-hydrogen) atoms. The second kappa shape index (κ2) is 4.99. The third kappa shape index (κ3) is 2.46. The second-order valence-corrected chi connectivity index (χ2v) is 4.21. The molecule has 0 radical (unpaired) electrons. The lowest BCUT2D eigenvalue weighted by molar-refractivity contribution is -0.130. The van der Waals surface area contributed by atoms with Crippen molar-refractivity contribution in [3.8, 4) is 0 Å². The second-order valence-electron chi connectivity index (χ2n) is 4.21. The number of piperidine rings is 1. The van der Waals surface area contributed by atoms with Gasteiger partial charge in [-0.1, -0.05) is 6.58 Å². The van der Waals surface area contributed by atoms with Gasteiger partial charge in [0.25, 0.3) is 0 Å². The van der Waals surface area contributed by atoms with Crippen LogP contribution in [0.1, 0.15) is 24.8 Å². The molecular weight excluding hydrogens is 216 g/mol. The van der Waals surface area contributed by atoms with E-state index in [1.54, 1.807) is 18.3 Å². The first-order valence-corrected chi connectivity index (χ1v) is 5.82. The van der Waals surface area contributed by atoms with Crippen LogP contribution in [0, 0.1) is 0 Å². The highest BCUT2D eigenvalue weighted by Crippen LogP contribution is 2.26. The molecule has 1 aromatic rings. The van der Waals surface area contributed by atoms with Gasteiger partial charge in [0.1, 0.15) is 5.82 Å². The molecule has 0 bridgehead atoms. The van der Waals surface area contributed by atoms with Gasteiger partial charge in [-0.25, -0.2) is 9.78 Å². The molecule has 0 aromatic carbocycles. The average molecular weight is 232 g/mol. The zero-order valence-corrected chi connectivity index (χ0v) is 9.72. The molecule has 0 spiro atoms. The van der Waals surface area contributed by atoms with E-state index in [9.17, 15) is 4.79 Å². The number of nitrogens with zero attached hydrogens (tertiary/aromatic N) is 2. The lowest BCUT2D eigenvalue weighted by atomic mass is 10.1. The number of pyridine rings is 1. The third-order valence-corrected chi connectivity index (χ3v) is 3.03. The fraction of sp³-hybridized carbons (Fsp3) is 0.385. The van der Waals surface area contributed by atoms with Crippen LogP contribution in [0.5, 0.6) is 0 Å². The molecule has 0 aliphatic carbocycles. The summed E-state index contributed by atoms with van der Waals surface area (Å²) in [5.74, 6) is -0.240. The first-order valence-electron chi connectivity index (χ1n) is 5.82. The predicted octanol–water partition coefficient (Wildman–Crippen LogP) is 2.17. The standard InChI is InChI=1S/C13H16N2O2/c1-10(13(16)17)11-6-5-7-14-12(11)15-8-3-2-4-9-15/h5-7H,1-4,8-9H2,(H,16,17). The highest BCUT2D eigenvalue weighted by Gasteiger charge is 2.19. The van der Waals surface area contributed by atoms with Crippen molar-refractivity contribution in [2.45, 2.75) is 19.3 Å². The fourth-order valence-electron chi connectivity index (χ4n) is 2.11. The van der Waals surface area contributed by atoms with Gasteiger partial charge in [0, 0.05) is 24.8 Å². The lowest BCUT2D eigenvalue weighted by Gasteiger charge is -2.29. The van der Waals surface area contributed by atoms with Gasteiger partial charge in [0.15, 0.2) is 0 Å². The highest BCUT2D eigenvalue weighted by molar-refractivity contribution is 6.15. The Balaban J connectivity index is 2.32. The van der Waals surface area contributed by atoms with E-state index < -0.39 is 5.97 Å². The normalized spacial score (nSPS) is 15.6. The zero-order chi connectivity index (χ0) is 12.3. The summed E-state index contributed by atoms with van der Waals surface area (Å²) in [5, 5.41) is 9.01. The number of rotatable bonds is 3. The van der Waals surface area contributed by atoms with Gasteiger partial charge in [0.05, 0.1) is 5.57 Å². The molecule has 0 amide bonds. The van der Waals surface area contributed by atoms with Crippen LogP contribution in [0.3, 0.4) is 0 Å². The van der Waals surface area contributed by atoms with Gasteiger partial charge in [-0.05, 0) is 31.4 Å². The SMILES string of the molecule is C=C(C(=O)O)c1cccnc1N1CCCCC1. The van der Waals surface area contributed by atoms with Gasteiger partial charge < -0.3 is 10.0 Å². The van der Waals surface area contributed by atoms with Crippen LogP contribution in [0.4, 0.5) is 5.82 Å². The summed E-state index contributed by atoms with van der Waals surface area (Å²) < 4.78 is 0. The maximum absolute atomic E-state index is 11.0. The van der Waals surface area contributed by atoms with Crippen molar-refractivity contribution in [2.24, 2.45) is 0 Å². The Morgan fingerprint density at radius 3 is 2.71 bits per heavy atom. The minimum atomic E-state index is -0.990. The van der Waals surface area contributed by atoms with Crippen molar-refractivity contribution in [2.75, 3.05) is 18.0 Å². The van der Waals surface area contributed by atoms with Crippen molar-refractivity contribution in [3.63, 3.8) is 0 Å². The zero-order valence-electron chi connectivity index (χ0n) is 9.72. The molecule has 0 atom stereocenters. The minimum absolute atomic E-state index is 0.110. The van der Waals surface area contributed by atoms with E-state index in [0.29, 0.717) is 5.56 Å². The van der Waals surface area contributed by atoms with Crippen LogP contribution in [0.2, 0.25) is 0 Å². The number of carbonyl (C=O) groups is 1. The summed E-state index contributed by atoms with van der Waals surface area (Å²) >= 11 is 0. The molecule has 1 N–H and O–H groups in total. The van der Waals surface area contributed by atoms with E-state index in [2.05, 4.69) is 16.5 Å². The molecule has 90 valence electrons. The minimum Gasteiger partial charge on any atom is -0.478 e. The van der Waals surface area contributed by atoms with E-state index in [0.717, 1.165) is 31.7 Å². The Bertz CT molecular complexity index is 437. The molecule has 4 heteroatoms. The third-order valence-electron chi connectivity index (χ3n) is 3.03. The van der Waals surface area contributed by atoms with Crippen molar-refractivity contribution in [1.29, 1.82) is 0 Å². The summed E-state index contributed by atoms with van der Waals surface area (Å²) in [6.07, 6.45) is 5.20. The van der Waals surface area contributed by atoms with Gasteiger partial charge in [-0.2, -0.15) is 0 Å². The van der Waals surface area contributed by atoms with Crippen molar-refractivity contribution in [3.05, 3.63) is 30.5 Å². The van der Waals surface area contributed by atoms with E-state index in [-0.39, 0.29) is 5.57 Å². The molecule has 0 unspecified atom stereocenters. The molecule has 2 heterocycles. The van der Waals surface area contributed by atoms with Crippen LogP contribution in [-0.4, -0.2) is 29.1 Å². The largest absolute Gasteiger partial charge is 0.478 e. The van der Waals surface area contributed by atoms with E-state index >= 15 is 0 Å². The van der Waals surface area contributed by atoms with Crippen LogP contribution < -0.4 is 4.90 Å². The topological polar surface area (TPSA) is 53.4 Å². The van der Waals surface area contributed by atoms with Gasteiger partial charge in [-0.15, -0.1) is 0 Å². The number of aliphatic carboxylic acids is 1. The summed E-state index contributed by atoms with van der Waals surface area (Å²) in [5.41, 5.74) is 0.737. The van der Waals surface area contributed by atoms with Crippen LogP contribution in [0.15, 0.2) is 24.9 Å². The maximum atomic E-state index is 11.0. The Morgan fingerprint density at radius 1 is 1.35 bits per heavy atom. The first kappa shape index (κ1) is 11.6. The molecule has 0 saturated carbocycles. The molecular formula is C13H16N2O2. The van der Waals surface area contributed by atoms with Crippen LogP contribution >= 0.6 is 0 Å². The Hall–Kier alpha value is -1.84. The predicted molar refractivity (Wildman–Crippen MR) is 67.0 cm³/mol. The number of hydrogen-bond acceptors (Lipinski definition) is 3. The van der Waals surface area contributed by atoms with Crippen molar-refractivity contribution < 1.29 is 9.90 Å². The van der Waals surface area contributed by atoms with Crippen LogP contribution in [-0.2, 0) is 4.79 Å². The summed E-state index contributed by atoms with van der Waals surface area (Å²) in [7, 11) is 0. The van der Waals surface area contributed by atoms with E-state index in [4.69, 9.17) is 5.11 Å². The number of carboxylic acids is 1. The molecule has 1 fully saturated rings. The number of carboxylic acid groups (broad SMARTS) is 1. The molecule has 2 rings (SSSR count).